The van der Waals surface area contributed by atoms with Gasteiger partial charge in [0.25, 0.3) is 5.92 Å². The highest BCUT2D eigenvalue weighted by Gasteiger charge is 2.39. The van der Waals surface area contributed by atoms with Crippen LogP contribution in [-0.4, -0.2) is 17.6 Å². The Balaban J connectivity index is 0.00000324. The summed E-state index contributed by atoms with van der Waals surface area (Å²) >= 11 is 0. The predicted molar refractivity (Wildman–Crippen MR) is 57.6 cm³/mol. The Morgan fingerprint density at radius 3 is 2.05 bits per heavy atom. The summed E-state index contributed by atoms with van der Waals surface area (Å²) in [5, 5.41) is 8.38. The van der Waals surface area contributed by atoms with E-state index in [1.54, 1.807) is 0 Å². The van der Waals surface area contributed by atoms with E-state index in [2.05, 4.69) is 0 Å². The predicted octanol–water partition coefficient (Wildman–Crippen LogP) is 2.89. The first-order valence-electron chi connectivity index (χ1n) is 4.70. The zero-order valence-electron chi connectivity index (χ0n) is 9.22. The van der Waals surface area contributed by atoms with E-state index in [1.807, 2.05) is 0 Å². The summed E-state index contributed by atoms with van der Waals surface area (Å²) < 4.78 is 76.0. The van der Waals surface area contributed by atoms with Crippen LogP contribution in [0.1, 0.15) is 17.2 Å². The van der Waals surface area contributed by atoms with Gasteiger partial charge in [0.1, 0.15) is 12.4 Å². The van der Waals surface area contributed by atoms with E-state index in [0.717, 1.165) is 0 Å². The van der Waals surface area contributed by atoms with Gasteiger partial charge >= 0.3 is 6.18 Å². The molecule has 0 amide bonds. The summed E-state index contributed by atoms with van der Waals surface area (Å²) in [7, 11) is 0. The molecule has 0 unspecified atom stereocenters. The quantitative estimate of drug-likeness (QED) is 0.843. The molecule has 9 heteroatoms. The molecule has 1 atom stereocenters. The summed E-state index contributed by atoms with van der Waals surface area (Å²) in [6.07, 6.45) is -4.87. The van der Waals surface area contributed by atoms with Gasteiger partial charge in [-0.2, -0.15) is 13.2 Å². The smallest absolute Gasteiger partial charge is 0.390 e. The fraction of sp³-hybridized carbons (Fsp3) is 0.400. The van der Waals surface area contributed by atoms with Gasteiger partial charge in [-0.3, -0.25) is 0 Å². The second kappa shape index (κ2) is 5.98. The maximum Gasteiger partial charge on any atom is 0.416 e. The summed E-state index contributed by atoms with van der Waals surface area (Å²) in [5.74, 6) is -5.17. The second-order valence-corrected chi connectivity index (χ2v) is 3.67. The number of rotatable bonds is 3. The van der Waals surface area contributed by atoms with Crippen LogP contribution in [0.25, 0.3) is 0 Å². The van der Waals surface area contributed by atoms with Crippen molar-refractivity contribution in [1.82, 2.24) is 0 Å². The number of aliphatic hydroxyl groups is 1. The van der Waals surface area contributed by atoms with Crippen LogP contribution in [0.4, 0.5) is 26.3 Å². The molecular weight excluding hydrogens is 300 g/mol. The van der Waals surface area contributed by atoms with E-state index in [1.165, 1.54) is 0 Å². The van der Waals surface area contributed by atoms with Crippen LogP contribution in [0, 0.1) is 5.82 Å². The maximum atomic E-state index is 13.0. The molecule has 0 aromatic heterocycles. The van der Waals surface area contributed by atoms with Gasteiger partial charge in [0.15, 0.2) is 0 Å². The van der Waals surface area contributed by atoms with Gasteiger partial charge in [0.2, 0.25) is 0 Å². The summed E-state index contributed by atoms with van der Waals surface area (Å²) in [6, 6.07) is -1.24. The molecule has 0 aliphatic heterocycles. The third kappa shape index (κ3) is 4.26. The van der Waals surface area contributed by atoms with Gasteiger partial charge < -0.3 is 10.8 Å². The van der Waals surface area contributed by atoms with E-state index < -0.39 is 41.7 Å². The number of benzene rings is 1. The van der Waals surface area contributed by atoms with Gasteiger partial charge in [-0.1, -0.05) is 0 Å². The van der Waals surface area contributed by atoms with Crippen molar-refractivity contribution >= 4 is 12.4 Å². The normalized spacial score (nSPS) is 13.9. The minimum absolute atomic E-state index is 0. The van der Waals surface area contributed by atoms with Gasteiger partial charge in [0.05, 0.1) is 11.6 Å². The Labute approximate surface area is 110 Å². The molecule has 2 nitrogen and oxygen atoms in total. The molecule has 1 rings (SSSR count). The summed E-state index contributed by atoms with van der Waals surface area (Å²) in [4.78, 5) is 0. The van der Waals surface area contributed by atoms with Crippen LogP contribution in [-0.2, 0) is 6.18 Å². The molecule has 0 fully saturated rings. The number of alkyl halides is 5. The SMILES string of the molecule is Cl.N[C@@H](c1cc(F)cc(C(F)(F)F)c1)C(F)(F)CO. The minimum Gasteiger partial charge on any atom is -0.390 e. The lowest BCUT2D eigenvalue weighted by atomic mass is 9.99. The number of nitrogens with two attached hydrogens (primary N) is 1. The number of halogens is 7. The monoisotopic (exact) mass is 309 g/mol. The molecule has 1 aromatic rings. The van der Waals surface area contributed by atoms with Crippen molar-refractivity contribution in [2.45, 2.75) is 18.1 Å². The van der Waals surface area contributed by atoms with Gasteiger partial charge in [-0.05, 0) is 23.8 Å². The Bertz CT molecular complexity index is 437. The van der Waals surface area contributed by atoms with Gasteiger partial charge in [0, 0.05) is 0 Å². The highest BCUT2D eigenvalue weighted by molar-refractivity contribution is 5.85. The highest BCUT2D eigenvalue weighted by Crippen LogP contribution is 2.34. The Morgan fingerprint density at radius 1 is 1.11 bits per heavy atom. The van der Waals surface area contributed by atoms with Gasteiger partial charge in [-0.15, -0.1) is 12.4 Å². The summed E-state index contributed by atoms with van der Waals surface area (Å²) in [5.41, 5.74) is 2.87. The fourth-order valence-corrected chi connectivity index (χ4v) is 1.30. The second-order valence-electron chi connectivity index (χ2n) is 3.67. The van der Waals surface area contributed by atoms with Crippen LogP contribution >= 0.6 is 12.4 Å². The Kier molecular flexibility index (Phi) is 5.66. The van der Waals surface area contributed by atoms with Crippen LogP contribution < -0.4 is 5.73 Å². The third-order valence-electron chi connectivity index (χ3n) is 2.27. The molecule has 0 bridgehead atoms. The largest absolute Gasteiger partial charge is 0.416 e. The van der Waals surface area contributed by atoms with Crippen LogP contribution in [0.15, 0.2) is 18.2 Å². The van der Waals surface area contributed by atoms with E-state index in [9.17, 15) is 26.3 Å². The average Bonchev–Trinajstić information content (AvgIpc) is 2.26. The van der Waals surface area contributed by atoms with Gasteiger partial charge in [-0.25, -0.2) is 13.2 Å². The fourth-order valence-electron chi connectivity index (χ4n) is 1.30. The molecule has 0 aliphatic rings. The maximum absolute atomic E-state index is 13.0. The van der Waals surface area contributed by atoms with Crippen molar-refractivity contribution in [3.8, 4) is 0 Å². The number of hydrogen-bond acceptors (Lipinski definition) is 2. The lowest BCUT2D eigenvalue weighted by Gasteiger charge is -2.22. The van der Waals surface area contributed by atoms with Crippen molar-refractivity contribution in [2.75, 3.05) is 6.61 Å². The first kappa shape index (κ1) is 18.0. The average molecular weight is 310 g/mol. The van der Waals surface area contributed by atoms with Crippen molar-refractivity contribution < 1.29 is 31.4 Å². The van der Waals surface area contributed by atoms with Crippen LogP contribution in [0.2, 0.25) is 0 Å². The zero-order valence-corrected chi connectivity index (χ0v) is 10.0. The molecule has 0 heterocycles. The molecule has 110 valence electrons. The Morgan fingerprint density at radius 2 is 1.63 bits per heavy atom. The molecule has 19 heavy (non-hydrogen) atoms. The molecule has 0 radical (unpaired) electrons. The lowest BCUT2D eigenvalue weighted by Crippen LogP contribution is -2.36. The molecule has 1 aromatic carbocycles. The summed E-state index contributed by atoms with van der Waals surface area (Å²) in [6.45, 7) is -1.65. The van der Waals surface area contributed by atoms with E-state index in [4.69, 9.17) is 10.8 Å². The highest BCUT2D eigenvalue weighted by atomic mass is 35.5. The molecule has 0 spiro atoms. The van der Waals surface area contributed by atoms with Crippen molar-refractivity contribution in [1.29, 1.82) is 0 Å². The molecular formula is C10H10ClF6NO. The Hall–Kier alpha value is -0.990. The van der Waals surface area contributed by atoms with E-state index in [-0.39, 0.29) is 18.5 Å². The topological polar surface area (TPSA) is 46.2 Å². The van der Waals surface area contributed by atoms with E-state index >= 15 is 0 Å². The van der Waals surface area contributed by atoms with Crippen molar-refractivity contribution in [2.24, 2.45) is 5.73 Å². The first-order valence-corrected chi connectivity index (χ1v) is 4.70. The van der Waals surface area contributed by atoms with Crippen LogP contribution in [0.3, 0.4) is 0 Å². The molecule has 0 saturated heterocycles. The van der Waals surface area contributed by atoms with Crippen molar-refractivity contribution in [3.05, 3.63) is 35.1 Å². The van der Waals surface area contributed by atoms with Crippen molar-refractivity contribution in [3.63, 3.8) is 0 Å². The minimum atomic E-state index is -4.87. The number of aliphatic hydroxyl groups excluding tert-OH is 1. The molecule has 0 aliphatic carbocycles. The molecule has 3 N–H and O–H groups in total. The standard InChI is InChI=1S/C10H9F6NO.ClH/c11-7-2-5(8(17)9(12,13)4-18)1-6(3-7)10(14,15)16;/h1-3,8,18H,4,17H2;1H/t8-;/m0./s1. The lowest BCUT2D eigenvalue weighted by molar-refractivity contribution is -0.138. The zero-order chi connectivity index (χ0) is 14.1. The third-order valence-corrected chi connectivity index (χ3v) is 2.27. The van der Waals surface area contributed by atoms with E-state index in [0.29, 0.717) is 12.1 Å². The van der Waals surface area contributed by atoms with Crippen LogP contribution in [0.5, 0.6) is 0 Å². The molecule has 0 saturated carbocycles. The first-order chi connectivity index (χ1) is 8.08. The number of hydrogen-bond donors (Lipinski definition) is 2.